The Bertz CT molecular complexity index is 459. The maximum atomic E-state index is 12.4. The first-order chi connectivity index (χ1) is 7.45. The number of hydrogen-bond donors (Lipinski definition) is 1. The van der Waals surface area contributed by atoms with Gasteiger partial charge in [0.15, 0.2) is 0 Å². The molecule has 0 atom stereocenters. The molecule has 1 heterocycles. The molecule has 1 N–H and O–H groups in total. The van der Waals surface area contributed by atoms with Crippen LogP contribution in [0.5, 0.6) is 0 Å². The number of aromatic amines is 1. The molecule has 4 nitrogen and oxygen atoms in total. The molecular weight excluding hydrogens is 288 g/mol. The van der Waals surface area contributed by atoms with Gasteiger partial charge in [0.25, 0.3) is 12.0 Å². The van der Waals surface area contributed by atoms with Crippen LogP contribution in [0, 0.1) is 0 Å². The number of alkyl halides is 2. The van der Waals surface area contributed by atoms with E-state index in [1.54, 1.807) is 0 Å². The molecule has 0 unspecified atom stereocenters. The molecule has 0 fully saturated rings. The van der Waals surface area contributed by atoms with Gasteiger partial charge in [0.05, 0.1) is 23.7 Å². The van der Waals surface area contributed by atoms with Crippen molar-refractivity contribution in [3.05, 3.63) is 32.2 Å². The Labute approximate surface area is 97.7 Å². The van der Waals surface area contributed by atoms with Crippen LogP contribution in [0.1, 0.15) is 17.6 Å². The second kappa shape index (κ2) is 5.20. The van der Waals surface area contributed by atoms with Crippen molar-refractivity contribution in [3.63, 3.8) is 0 Å². The second-order valence-electron chi connectivity index (χ2n) is 2.95. The monoisotopic (exact) mass is 295 g/mol. The molecule has 0 aliphatic rings. The Kier molecular flexibility index (Phi) is 4.17. The van der Waals surface area contributed by atoms with E-state index in [1.807, 2.05) is 0 Å². The SMILES string of the molecule is COC(=O)Cc1cc(C(F)F)c(=O)[nH]c1Br. The van der Waals surface area contributed by atoms with Crippen molar-refractivity contribution in [1.82, 2.24) is 4.98 Å². The number of carbonyl (C=O) groups excluding carboxylic acids is 1. The van der Waals surface area contributed by atoms with Gasteiger partial charge < -0.3 is 9.72 Å². The van der Waals surface area contributed by atoms with Crippen molar-refractivity contribution in [2.75, 3.05) is 7.11 Å². The van der Waals surface area contributed by atoms with Gasteiger partial charge in [-0.15, -0.1) is 0 Å². The molecule has 16 heavy (non-hydrogen) atoms. The lowest BCUT2D eigenvalue weighted by molar-refractivity contribution is -0.139. The smallest absolute Gasteiger partial charge is 0.310 e. The van der Waals surface area contributed by atoms with Crippen molar-refractivity contribution in [2.45, 2.75) is 12.8 Å². The van der Waals surface area contributed by atoms with Crippen molar-refractivity contribution in [3.8, 4) is 0 Å². The van der Waals surface area contributed by atoms with Crippen LogP contribution >= 0.6 is 15.9 Å². The van der Waals surface area contributed by atoms with E-state index >= 15 is 0 Å². The Hall–Kier alpha value is -1.24. The Morgan fingerprint density at radius 3 is 2.75 bits per heavy atom. The lowest BCUT2D eigenvalue weighted by Crippen LogP contribution is -2.16. The molecule has 0 aliphatic carbocycles. The molecule has 88 valence electrons. The number of aromatic nitrogens is 1. The number of pyridine rings is 1. The number of esters is 1. The lowest BCUT2D eigenvalue weighted by atomic mass is 10.1. The van der Waals surface area contributed by atoms with E-state index in [0.717, 1.165) is 6.07 Å². The topological polar surface area (TPSA) is 59.2 Å². The zero-order valence-electron chi connectivity index (χ0n) is 8.22. The predicted molar refractivity (Wildman–Crippen MR) is 55.4 cm³/mol. The number of rotatable bonds is 3. The highest BCUT2D eigenvalue weighted by molar-refractivity contribution is 9.10. The van der Waals surface area contributed by atoms with Crippen LogP contribution in [0.4, 0.5) is 8.78 Å². The summed E-state index contributed by atoms with van der Waals surface area (Å²) in [5.74, 6) is -0.576. The van der Waals surface area contributed by atoms with Gasteiger partial charge in [0.1, 0.15) is 0 Å². The van der Waals surface area contributed by atoms with Gasteiger partial charge in [-0.05, 0) is 27.6 Å². The molecule has 0 spiro atoms. The minimum atomic E-state index is -2.88. The van der Waals surface area contributed by atoms with E-state index in [0.29, 0.717) is 0 Å². The summed E-state index contributed by atoms with van der Waals surface area (Å²) in [6.45, 7) is 0. The molecular formula is C9H8BrF2NO3. The van der Waals surface area contributed by atoms with E-state index in [4.69, 9.17) is 0 Å². The number of nitrogens with one attached hydrogen (secondary N) is 1. The van der Waals surface area contributed by atoms with Gasteiger partial charge in [-0.3, -0.25) is 9.59 Å². The molecule has 0 aliphatic heterocycles. The standard InChI is InChI=1S/C9H8BrF2NO3/c1-16-6(14)3-4-2-5(8(11)12)9(15)13-7(4)10/h2,8H,3H2,1H3,(H,13,15). The molecule has 1 aromatic heterocycles. The normalized spacial score (nSPS) is 10.6. The first-order valence-electron chi connectivity index (χ1n) is 4.22. The summed E-state index contributed by atoms with van der Waals surface area (Å²) < 4.78 is 29.4. The average Bonchev–Trinajstić information content (AvgIpc) is 2.21. The van der Waals surface area contributed by atoms with Gasteiger partial charge in [0.2, 0.25) is 0 Å². The highest BCUT2D eigenvalue weighted by Crippen LogP contribution is 2.20. The average molecular weight is 296 g/mol. The molecule has 0 bridgehead atoms. The van der Waals surface area contributed by atoms with Crippen LogP contribution in [0.15, 0.2) is 15.5 Å². The Morgan fingerprint density at radius 2 is 2.25 bits per heavy atom. The van der Waals surface area contributed by atoms with Crippen LogP contribution in [-0.2, 0) is 16.0 Å². The fraction of sp³-hybridized carbons (Fsp3) is 0.333. The zero-order valence-corrected chi connectivity index (χ0v) is 9.81. The molecule has 0 amide bonds. The summed E-state index contributed by atoms with van der Waals surface area (Å²) in [6.07, 6.45) is -3.07. The third-order valence-electron chi connectivity index (χ3n) is 1.89. The van der Waals surface area contributed by atoms with Crippen molar-refractivity contribution in [1.29, 1.82) is 0 Å². The van der Waals surface area contributed by atoms with Gasteiger partial charge in [0, 0.05) is 0 Å². The Balaban J connectivity index is 3.15. The predicted octanol–water partition coefficient (Wildman–Crippen LogP) is 1.79. The van der Waals surface area contributed by atoms with Crippen molar-refractivity contribution in [2.24, 2.45) is 0 Å². The summed E-state index contributed by atoms with van der Waals surface area (Å²) in [4.78, 5) is 24.3. The molecule has 1 rings (SSSR count). The third kappa shape index (κ3) is 2.88. The number of halogens is 3. The van der Waals surface area contributed by atoms with Crippen LogP contribution in [0.25, 0.3) is 0 Å². The minimum absolute atomic E-state index is 0.187. The number of ether oxygens (including phenoxy) is 1. The van der Waals surface area contributed by atoms with E-state index in [2.05, 4.69) is 25.7 Å². The van der Waals surface area contributed by atoms with Gasteiger partial charge in [-0.2, -0.15) is 0 Å². The summed E-state index contributed by atoms with van der Waals surface area (Å²) in [5.41, 5.74) is -1.29. The van der Waals surface area contributed by atoms with Crippen LogP contribution in [-0.4, -0.2) is 18.1 Å². The van der Waals surface area contributed by atoms with E-state index in [-0.39, 0.29) is 16.6 Å². The maximum Gasteiger partial charge on any atom is 0.310 e. The Morgan fingerprint density at radius 1 is 1.62 bits per heavy atom. The number of methoxy groups -OCH3 is 1. The summed E-state index contributed by atoms with van der Waals surface area (Å²) in [5, 5.41) is 0. The first-order valence-corrected chi connectivity index (χ1v) is 5.01. The number of hydrogen-bond acceptors (Lipinski definition) is 3. The molecule has 1 aromatic rings. The summed E-state index contributed by atoms with van der Waals surface area (Å²) >= 11 is 2.98. The van der Waals surface area contributed by atoms with Crippen LogP contribution in [0.3, 0.4) is 0 Å². The lowest BCUT2D eigenvalue weighted by Gasteiger charge is -2.05. The van der Waals surface area contributed by atoms with Gasteiger partial charge in [-0.1, -0.05) is 0 Å². The number of carbonyl (C=O) groups is 1. The highest BCUT2D eigenvalue weighted by Gasteiger charge is 2.16. The van der Waals surface area contributed by atoms with E-state index in [9.17, 15) is 18.4 Å². The fourth-order valence-electron chi connectivity index (χ4n) is 1.09. The van der Waals surface area contributed by atoms with Gasteiger partial charge >= 0.3 is 5.97 Å². The fourth-order valence-corrected chi connectivity index (χ4v) is 1.52. The van der Waals surface area contributed by atoms with E-state index < -0.39 is 23.5 Å². The highest BCUT2D eigenvalue weighted by atomic mass is 79.9. The molecule has 0 radical (unpaired) electrons. The molecule has 7 heteroatoms. The van der Waals surface area contributed by atoms with E-state index in [1.165, 1.54) is 7.11 Å². The maximum absolute atomic E-state index is 12.4. The molecule has 0 saturated heterocycles. The van der Waals surface area contributed by atoms with Gasteiger partial charge in [-0.25, -0.2) is 8.78 Å². The third-order valence-corrected chi connectivity index (χ3v) is 2.60. The van der Waals surface area contributed by atoms with Crippen molar-refractivity contribution >= 4 is 21.9 Å². The number of H-pyrrole nitrogens is 1. The minimum Gasteiger partial charge on any atom is -0.469 e. The quantitative estimate of drug-likeness (QED) is 0.683. The molecule has 0 saturated carbocycles. The van der Waals surface area contributed by atoms with Crippen LogP contribution in [0.2, 0.25) is 0 Å². The summed E-state index contributed by atoms with van der Waals surface area (Å²) in [7, 11) is 1.19. The second-order valence-corrected chi connectivity index (χ2v) is 3.74. The van der Waals surface area contributed by atoms with Crippen LogP contribution < -0.4 is 5.56 Å². The first kappa shape index (κ1) is 12.8. The van der Waals surface area contributed by atoms with Crippen molar-refractivity contribution < 1.29 is 18.3 Å². The molecule has 0 aromatic carbocycles. The summed E-state index contributed by atoms with van der Waals surface area (Å²) in [6, 6.07) is 0.991. The largest absolute Gasteiger partial charge is 0.469 e. The zero-order chi connectivity index (χ0) is 12.3.